The zero-order valence-corrected chi connectivity index (χ0v) is 13.7. The Morgan fingerprint density at radius 3 is 3.00 bits per heavy atom. The monoisotopic (exact) mass is 355 g/mol. The normalized spacial score (nSPS) is 14.8. The molecule has 1 aromatic heterocycles. The molecule has 0 aliphatic heterocycles. The zero-order chi connectivity index (χ0) is 13.2. The van der Waals surface area contributed by atoms with Crippen molar-refractivity contribution in [1.82, 2.24) is 14.7 Å². The van der Waals surface area contributed by atoms with Crippen LogP contribution in [0.1, 0.15) is 24.2 Å². The SMILES string of the molecule is Cc1nsc(Sc2ccc(Br)cc2CNC2CC2)n1. The van der Waals surface area contributed by atoms with Gasteiger partial charge in [0.05, 0.1) is 0 Å². The first kappa shape index (κ1) is 13.5. The summed E-state index contributed by atoms with van der Waals surface area (Å²) < 4.78 is 6.36. The van der Waals surface area contributed by atoms with Crippen LogP contribution in [0.25, 0.3) is 0 Å². The van der Waals surface area contributed by atoms with Crippen molar-refractivity contribution < 1.29 is 0 Å². The maximum absolute atomic E-state index is 4.42. The van der Waals surface area contributed by atoms with Gasteiger partial charge in [-0.05, 0) is 55.1 Å². The number of hydrogen-bond donors (Lipinski definition) is 1. The van der Waals surface area contributed by atoms with Crippen LogP contribution >= 0.6 is 39.2 Å². The van der Waals surface area contributed by atoms with Crippen LogP contribution in [0.3, 0.4) is 0 Å². The molecule has 0 amide bonds. The molecule has 1 saturated carbocycles. The third kappa shape index (κ3) is 3.78. The fraction of sp³-hybridized carbons (Fsp3) is 0.385. The smallest absolute Gasteiger partial charge is 0.174 e. The van der Waals surface area contributed by atoms with E-state index in [-0.39, 0.29) is 0 Å². The lowest BCUT2D eigenvalue weighted by Gasteiger charge is -2.09. The Hall–Kier alpha value is -0.430. The van der Waals surface area contributed by atoms with Crippen molar-refractivity contribution in [2.75, 3.05) is 0 Å². The number of nitrogens with one attached hydrogen (secondary N) is 1. The Bertz CT molecular complexity index is 581. The molecule has 2 aromatic rings. The van der Waals surface area contributed by atoms with Crippen LogP contribution < -0.4 is 5.32 Å². The van der Waals surface area contributed by atoms with E-state index in [0.29, 0.717) is 0 Å². The molecule has 0 radical (unpaired) electrons. The Balaban J connectivity index is 1.77. The zero-order valence-electron chi connectivity index (χ0n) is 10.5. The van der Waals surface area contributed by atoms with E-state index in [1.54, 1.807) is 11.8 Å². The average molecular weight is 356 g/mol. The Morgan fingerprint density at radius 2 is 2.32 bits per heavy atom. The van der Waals surface area contributed by atoms with Crippen molar-refractivity contribution in [3.63, 3.8) is 0 Å². The van der Waals surface area contributed by atoms with E-state index >= 15 is 0 Å². The molecule has 1 aliphatic rings. The van der Waals surface area contributed by atoms with E-state index in [1.165, 1.54) is 34.8 Å². The maximum Gasteiger partial charge on any atom is 0.174 e. The third-order valence-corrected chi connectivity index (χ3v) is 5.34. The van der Waals surface area contributed by atoms with Gasteiger partial charge in [0.1, 0.15) is 5.82 Å². The lowest BCUT2D eigenvalue weighted by atomic mass is 10.2. The molecule has 6 heteroatoms. The van der Waals surface area contributed by atoms with Crippen molar-refractivity contribution in [2.45, 2.75) is 41.6 Å². The summed E-state index contributed by atoms with van der Waals surface area (Å²) in [7, 11) is 0. The number of aryl methyl sites for hydroxylation is 1. The van der Waals surface area contributed by atoms with Crippen molar-refractivity contribution in [3.05, 3.63) is 34.1 Å². The van der Waals surface area contributed by atoms with Gasteiger partial charge in [-0.2, -0.15) is 4.37 Å². The van der Waals surface area contributed by atoms with Gasteiger partial charge in [-0.15, -0.1) is 0 Å². The largest absolute Gasteiger partial charge is 0.310 e. The molecule has 3 nitrogen and oxygen atoms in total. The maximum atomic E-state index is 4.42. The molecule has 0 unspecified atom stereocenters. The van der Waals surface area contributed by atoms with Gasteiger partial charge in [-0.25, -0.2) is 4.98 Å². The first-order valence-electron chi connectivity index (χ1n) is 6.21. The molecule has 1 aliphatic carbocycles. The minimum absolute atomic E-state index is 0.723. The van der Waals surface area contributed by atoms with Crippen LogP contribution in [0.5, 0.6) is 0 Å². The molecule has 1 fully saturated rings. The van der Waals surface area contributed by atoms with Gasteiger partial charge in [-0.3, -0.25) is 0 Å². The van der Waals surface area contributed by atoms with E-state index in [4.69, 9.17) is 0 Å². The van der Waals surface area contributed by atoms with Gasteiger partial charge in [0.2, 0.25) is 0 Å². The van der Waals surface area contributed by atoms with Crippen LogP contribution in [0.2, 0.25) is 0 Å². The quantitative estimate of drug-likeness (QED) is 0.878. The van der Waals surface area contributed by atoms with Gasteiger partial charge >= 0.3 is 0 Å². The molecule has 3 rings (SSSR count). The number of benzene rings is 1. The molecule has 100 valence electrons. The second-order valence-corrected chi connectivity index (χ2v) is 7.57. The summed E-state index contributed by atoms with van der Waals surface area (Å²) in [6.45, 7) is 2.85. The number of aromatic nitrogens is 2. The van der Waals surface area contributed by atoms with Crippen molar-refractivity contribution in [1.29, 1.82) is 0 Å². The Kier molecular flexibility index (Phi) is 4.21. The van der Waals surface area contributed by atoms with Gasteiger partial charge in [0.15, 0.2) is 4.34 Å². The molecule has 19 heavy (non-hydrogen) atoms. The molecule has 1 heterocycles. The molecular formula is C13H14BrN3S2. The van der Waals surface area contributed by atoms with E-state index in [1.807, 2.05) is 6.92 Å². The molecule has 0 saturated heterocycles. The molecule has 0 bridgehead atoms. The third-order valence-electron chi connectivity index (χ3n) is 2.89. The first-order chi connectivity index (χ1) is 9.20. The molecule has 0 atom stereocenters. The molecular weight excluding hydrogens is 342 g/mol. The molecule has 0 spiro atoms. The Morgan fingerprint density at radius 1 is 1.47 bits per heavy atom. The van der Waals surface area contributed by atoms with E-state index in [9.17, 15) is 0 Å². The van der Waals surface area contributed by atoms with Crippen LogP contribution in [-0.4, -0.2) is 15.4 Å². The Labute approximate surface area is 129 Å². The summed E-state index contributed by atoms with van der Waals surface area (Å²) >= 11 is 6.71. The highest BCUT2D eigenvalue weighted by Gasteiger charge is 2.20. The standard InChI is InChI=1S/C13H14BrN3S2/c1-8-16-13(19-17-8)18-12-5-2-10(14)6-9(12)7-15-11-3-4-11/h2,5-6,11,15H,3-4,7H2,1H3. The number of hydrogen-bond acceptors (Lipinski definition) is 5. The fourth-order valence-electron chi connectivity index (χ4n) is 1.74. The minimum Gasteiger partial charge on any atom is -0.310 e. The number of halogens is 1. The second-order valence-electron chi connectivity index (χ2n) is 4.62. The molecule has 1 N–H and O–H groups in total. The highest BCUT2D eigenvalue weighted by Crippen LogP contribution is 2.33. The first-order valence-corrected chi connectivity index (χ1v) is 8.59. The number of rotatable bonds is 5. The summed E-state index contributed by atoms with van der Waals surface area (Å²) in [6.07, 6.45) is 2.62. The lowest BCUT2D eigenvalue weighted by Crippen LogP contribution is -2.15. The van der Waals surface area contributed by atoms with Crippen molar-refractivity contribution in [3.8, 4) is 0 Å². The van der Waals surface area contributed by atoms with Crippen LogP contribution in [0.4, 0.5) is 0 Å². The summed E-state index contributed by atoms with van der Waals surface area (Å²) in [4.78, 5) is 5.67. The van der Waals surface area contributed by atoms with Crippen LogP contribution in [-0.2, 0) is 6.54 Å². The van der Waals surface area contributed by atoms with Crippen LogP contribution in [0.15, 0.2) is 31.9 Å². The van der Waals surface area contributed by atoms with Gasteiger partial charge in [-0.1, -0.05) is 27.7 Å². The van der Waals surface area contributed by atoms with E-state index in [2.05, 4.69) is 48.8 Å². The van der Waals surface area contributed by atoms with E-state index < -0.39 is 0 Å². The summed E-state index contributed by atoms with van der Waals surface area (Å²) in [5.41, 5.74) is 1.32. The highest BCUT2D eigenvalue weighted by molar-refractivity contribution is 9.10. The van der Waals surface area contributed by atoms with Gasteiger partial charge < -0.3 is 5.32 Å². The topological polar surface area (TPSA) is 37.8 Å². The fourth-order valence-corrected chi connectivity index (χ4v) is 3.87. The van der Waals surface area contributed by atoms with Crippen molar-refractivity contribution in [2.24, 2.45) is 0 Å². The van der Waals surface area contributed by atoms with E-state index in [0.717, 1.165) is 27.2 Å². The average Bonchev–Trinajstić information content (AvgIpc) is 3.13. The summed E-state index contributed by atoms with van der Waals surface area (Å²) in [6, 6.07) is 7.14. The number of nitrogens with zero attached hydrogens (tertiary/aromatic N) is 2. The summed E-state index contributed by atoms with van der Waals surface area (Å²) in [5.74, 6) is 0.849. The highest BCUT2D eigenvalue weighted by atomic mass is 79.9. The van der Waals surface area contributed by atoms with Crippen molar-refractivity contribution >= 4 is 39.2 Å². The second kappa shape index (κ2) is 5.91. The molecule has 1 aromatic carbocycles. The predicted molar refractivity (Wildman–Crippen MR) is 82.8 cm³/mol. The summed E-state index contributed by atoms with van der Waals surface area (Å²) in [5, 5.41) is 3.56. The lowest BCUT2D eigenvalue weighted by molar-refractivity contribution is 0.680. The van der Waals surface area contributed by atoms with Gasteiger partial charge in [0, 0.05) is 22.0 Å². The van der Waals surface area contributed by atoms with Crippen LogP contribution in [0, 0.1) is 6.92 Å². The predicted octanol–water partition coefficient (Wildman–Crippen LogP) is 4.01. The minimum atomic E-state index is 0.723. The van der Waals surface area contributed by atoms with Gasteiger partial charge in [0.25, 0.3) is 0 Å².